The summed E-state index contributed by atoms with van der Waals surface area (Å²) in [6.07, 6.45) is -3.59. The first kappa shape index (κ1) is 16.3. The summed E-state index contributed by atoms with van der Waals surface area (Å²) in [5.74, 6) is -0.861. The highest BCUT2D eigenvalue weighted by Gasteiger charge is 2.33. The highest BCUT2D eigenvalue weighted by molar-refractivity contribution is 6.30. The summed E-state index contributed by atoms with van der Waals surface area (Å²) in [4.78, 5) is 6.39. The fourth-order valence-electron chi connectivity index (χ4n) is 2.28. The van der Waals surface area contributed by atoms with Crippen LogP contribution < -0.4 is 0 Å². The molecule has 0 radical (unpaired) electrons. The smallest absolute Gasteiger partial charge is 0.418 e. The Morgan fingerprint density at radius 3 is 2.58 bits per heavy atom. The molecule has 8 heteroatoms. The third-order valence-electron chi connectivity index (χ3n) is 3.38. The minimum atomic E-state index is -4.63. The predicted molar refractivity (Wildman–Crippen MR) is 83.6 cm³/mol. The van der Waals surface area contributed by atoms with Crippen LogP contribution in [0.25, 0.3) is 10.9 Å². The van der Waals surface area contributed by atoms with E-state index in [1.165, 1.54) is 18.2 Å². The topological polar surface area (TPSA) is 48.4 Å². The van der Waals surface area contributed by atoms with E-state index in [0.717, 1.165) is 24.4 Å². The zero-order chi connectivity index (χ0) is 17.5. The van der Waals surface area contributed by atoms with Crippen LogP contribution in [-0.4, -0.2) is 16.3 Å². The van der Waals surface area contributed by atoms with E-state index in [2.05, 4.69) is 9.98 Å². The quantitative estimate of drug-likeness (QED) is 0.466. The number of nitrogens with zero attached hydrogens (tertiary/aromatic N) is 1. The van der Waals surface area contributed by atoms with Crippen molar-refractivity contribution in [3.63, 3.8) is 0 Å². The van der Waals surface area contributed by atoms with Crippen molar-refractivity contribution in [2.45, 2.75) is 6.18 Å². The van der Waals surface area contributed by atoms with E-state index in [4.69, 9.17) is 11.6 Å². The minimum Gasteiger partial charge on any atom is -0.494 e. The molecule has 1 heterocycles. The number of hydrogen-bond donors (Lipinski definition) is 2. The fraction of sp³-hybridized carbons (Fsp3) is 0.0625. The van der Waals surface area contributed by atoms with Gasteiger partial charge in [0.25, 0.3) is 0 Å². The summed E-state index contributed by atoms with van der Waals surface area (Å²) in [6.45, 7) is 0. The van der Waals surface area contributed by atoms with E-state index in [1.54, 1.807) is 0 Å². The number of alkyl halides is 3. The molecule has 0 saturated carbocycles. The summed E-state index contributed by atoms with van der Waals surface area (Å²) in [6, 6.07) is 6.92. The molecule has 0 aliphatic rings. The molecule has 124 valence electrons. The van der Waals surface area contributed by atoms with Gasteiger partial charge in [0.2, 0.25) is 0 Å². The molecule has 3 nitrogen and oxygen atoms in total. The van der Waals surface area contributed by atoms with Crippen LogP contribution >= 0.6 is 11.6 Å². The van der Waals surface area contributed by atoms with Gasteiger partial charge in [0, 0.05) is 22.1 Å². The first-order chi connectivity index (χ1) is 11.3. The van der Waals surface area contributed by atoms with Crippen LogP contribution in [0.1, 0.15) is 11.1 Å². The monoisotopic (exact) mass is 356 g/mol. The maximum atomic E-state index is 13.4. The molecule has 3 rings (SSSR count). The number of aromatic amines is 1. The number of nitrogens with one attached hydrogen (secondary N) is 1. The molecule has 0 fully saturated rings. The number of fused-ring (bicyclic) bond motifs is 1. The van der Waals surface area contributed by atoms with Crippen LogP contribution in [0.15, 0.2) is 41.4 Å². The van der Waals surface area contributed by atoms with Crippen LogP contribution in [0.3, 0.4) is 0 Å². The number of H-pyrrole nitrogens is 1. The summed E-state index contributed by atoms with van der Waals surface area (Å²) < 4.78 is 52.5. The van der Waals surface area contributed by atoms with E-state index in [1.807, 2.05) is 0 Å². The summed E-state index contributed by atoms with van der Waals surface area (Å²) in [5.41, 5.74) is -0.844. The van der Waals surface area contributed by atoms with E-state index in [0.29, 0.717) is 10.9 Å². The zero-order valence-corrected chi connectivity index (χ0v) is 12.6. The molecule has 0 aliphatic carbocycles. The van der Waals surface area contributed by atoms with Gasteiger partial charge in [-0.25, -0.2) is 4.39 Å². The average Bonchev–Trinajstić information content (AvgIpc) is 2.80. The minimum absolute atomic E-state index is 0.0710. The van der Waals surface area contributed by atoms with Gasteiger partial charge in [0.1, 0.15) is 5.82 Å². The summed E-state index contributed by atoms with van der Waals surface area (Å²) in [5, 5.41) is 10.1. The molecule has 24 heavy (non-hydrogen) atoms. The molecule has 0 saturated heterocycles. The van der Waals surface area contributed by atoms with Gasteiger partial charge in [-0.2, -0.15) is 13.2 Å². The Morgan fingerprint density at radius 1 is 1.12 bits per heavy atom. The molecule has 0 aliphatic heterocycles. The van der Waals surface area contributed by atoms with Crippen LogP contribution in [0, 0.1) is 5.82 Å². The van der Waals surface area contributed by atoms with Crippen LogP contribution in [0.5, 0.6) is 5.88 Å². The van der Waals surface area contributed by atoms with Gasteiger partial charge in [-0.1, -0.05) is 11.6 Å². The second-order valence-corrected chi connectivity index (χ2v) is 5.43. The molecule has 0 unspecified atom stereocenters. The second kappa shape index (κ2) is 5.83. The lowest BCUT2D eigenvalue weighted by Crippen LogP contribution is -2.05. The number of halogens is 5. The van der Waals surface area contributed by atoms with E-state index >= 15 is 0 Å². The Bertz CT molecular complexity index is 947. The normalized spacial score (nSPS) is 12.4. The highest BCUT2D eigenvalue weighted by atomic mass is 35.5. The van der Waals surface area contributed by atoms with Gasteiger partial charge < -0.3 is 10.1 Å². The van der Waals surface area contributed by atoms with Gasteiger partial charge in [0.05, 0.1) is 16.8 Å². The molecule has 1 aromatic heterocycles. The Balaban J connectivity index is 2.10. The standard InChI is InChI=1S/C16H9ClF4N2O/c17-8-1-3-14(12(5-8)16(19,20)21)22-7-11-10-6-9(18)2-4-13(10)23-15(11)24/h1-7,23-24H. The maximum absolute atomic E-state index is 13.4. The first-order valence-electron chi connectivity index (χ1n) is 6.67. The van der Waals surface area contributed by atoms with Gasteiger partial charge in [0.15, 0.2) is 5.88 Å². The molecule has 2 aromatic carbocycles. The molecule has 2 N–H and O–H groups in total. The Labute approximate surface area is 138 Å². The SMILES string of the molecule is Oc1[nH]c2ccc(F)cc2c1C=Nc1ccc(Cl)cc1C(F)(F)F. The number of rotatable bonds is 2. The van der Waals surface area contributed by atoms with Crippen molar-refractivity contribution in [1.29, 1.82) is 0 Å². The Morgan fingerprint density at radius 2 is 1.88 bits per heavy atom. The van der Waals surface area contributed by atoms with E-state index in [9.17, 15) is 22.7 Å². The van der Waals surface area contributed by atoms with Gasteiger partial charge >= 0.3 is 6.18 Å². The number of hydrogen-bond acceptors (Lipinski definition) is 2. The number of aromatic hydroxyl groups is 1. The Kier molecular flexibility index (Phi) is 3.96. The number of aromatic nitrogens is 1. The van der Waals surface area contributed by atoms with Crippen molar-refractivity contribution < 1.29 is 22.7 Å². The first-order valence-corrected chi connectivity index (χ1v) is 7.04. The van der Waals surface area contributed by atoms with Crippen LogP contribution in [0.2, 0.25) is 5.02 Å². The molecule has 3 aromatic rings. The lowest BCUT2D eigenvalue weighted by molar-refractivity contribution is -0.137. The van der Waals surface area contributed by atoms with Crippen molar-refractivity contribution in [2.75, 3.05) is 0 Å². The average molecular weight is 357 g/mol. The maximum Gasteiger partial charge on any atom is 0.418 e. The van der Waals surface area contributed by atoms with Gasteiger partial charge in [-0.05, 0) is 36.4 Å². The summed E-state index contributed by atoms with van der Waals surface area (Å²) in [7, 11) is 0. The van der Waals surface area contributed by atoms with Crippen molar-refractivity contribution in [2.24, 2.45) is 4.99 Å². The largest absolute Gasteiger partial charge is 0.494 e. The lowest BCUT2D eigenvalue weighted by atomic mass is 10.1. The molecule has 0 spiro atoms. The third kappa shape index (κ3) is 3.07. The fourth-order valence-corrected chi connectivity index (χ4v) is 2.46. The molecular formula is C16H9ClF4N2O. The molecular weight excluding hydrogens is 348 g/mol. The van der Waals surface area contributed by atoms with Crippen molar-refractivity contribution in [3.05, 3.63) is 58.4 Å². The van der Waals surface area contributed by atoms with E-state index in [-0.39, 0.29) is 22.2 Å². The summed E-state index contributed by atoms with van der Waals surface area (Å²) >= 11 is 5.60. The lowest BCUT2D eigenvalue weighted by Gasteiger charge is -2.09. The third-order valence-corrected chi connectivity index (χ3v) is 3.61. The molecule has 0 bridgehead atoms. The van der Waals surface area contributed by atoms with Crippen molar-refractivity contribution >= 4 is 34.4 Å². The van der Waals surface area contributed by atoms with Gasteiger partial charge in [-0.3, -0.25) is 4.99 Å². The van der Waals surface area contributed by atoms with Crippen LogP contribution in [-0.2, 0) is 6.18 Å². The van der Waals surface area contributed by atoms with Crippen molar-refractivity contribution in [3.8, 4) is 5.88 Å². The zero-order valence-electron chi connectivity index (χ0n) is 11.8. The second-order valence-electron chi connectivity index (χ2n) is 4.99. The number of benzene rings is 2. The van der Waals surface area contributed by atoms with Gasteiger partial charge in [-0.15, -0.1) is 0 Å². The molecule has 0 atom stereocenters. The Hall–Kier alpha value is -2.54. The predicted octanol–water partition coefficient (Wildman–Crippen LogP) is 5.44. The van der Waals surface area contributed by atoms with Crippen molar-refractivity contribution in [1.82, 2.24) is 4.98 Å². The molecule has 0 amide bonds. The van der Waals surface area contributed by atoms with Crippen LogP contribution in [0.4, 0.5) is 23.2 Å². The number of aliphatic imine (C=N–C) groups is 1. The van der Waals surface area contributed by atoms with E-state index < -0.39 is 17.6 Å². The highest BCUT2D eigenvalue weighted by Crippen LogP contribution is 2.38.